The number of anilines is 1. The summed E-state index contributed by atoms with van der Waals surface area (Å²) in [5.74, 6) is 0.444. The molecule has 0 aliphatic carbocycles. The molecule has 1 amide bonds. The molecule has 0 spiro atoms. The molecule has 0 saturated carbocycles. The number of thioether (sulfide) groups is 1. The van der Waals surface area contributed by atoms with Crippen molar-refractivity contribution in [2.45, 2.75) is 32.2 Å². The van der Waals surface area contributed by atoms with Crippen LogP contribution in [-0.4, -0.2) is 33.0 Å². The van der Waals surface area contributed by atoms with Crippen molar-refractivity contribution in [2.24, 2.45) is 0 Å². The predicted molar refractivity (Wildman–Crippen MR) is 121 cm³/mol. The molecule has 2 aromatic carbocycles. The highest BCUT2D eigenvalue weighted by molar-refractivity contribution is 7.99. The molecule has 0 N–H and O–H groups in total. The van der Waals surface area contributed by atoms with Gasteiger partial charge in [0.25, 0.3) is 0 Å². The minimum Gasteiger partial charge on any atom is -0.483 e. The summed E-state index contributed by atoms with van der Waals surface area (Å²) in [5.41, 5.74) is 1.95. The van der Waals surface area contributed by atoms with Gasteiger partial charge < -0.3 is 9.64 Å². The highest BCUT2D eigenvalue weighted by Crippen LogP contribution is 2.23. The SMILES string of the molecule is C=CCn1c(COc2ccccc2F)nnc1SCC(=O)N(CC)c1ccccc1C. The molecule has 0 unspecified atom stereocenters. The lowest BCUT2D eigenvalue weighted by atomic mass is 10.2. The second kappa shape index (κ2) is 10.8. The smallest absolute Gasteiger partial charge is 0.237 e. The molecule has 3 aromatic rings. The van der Waals surface area contributed by atoms with Gasteiger partial charge in [0.1, 0.15) is 6.61 Å². The van der Waals surface area contributed by atoms with Gasteiger partial charge in [0.05, 0.1) is 5.75 Å². The van der Waals surface area contributed by atoms with E-state index in [-0.39, 0.29) is 24.0 Å². The third kappa shape index (κ3) is 5.52. The fourth-order valence-corrected chi connectivity index (χ4v) is 3.94. The Hall–Kier alpha value is -3.13. The lowest BCUT2D eigenvalue weighted by molar-refractivity contribution is -0.116. The van der Waals surface area contributed by atoms with Gasteiger partial charge in [-0.25, -0.2) is 4.39 Å². The summed E-state index contributed by atoms with van der Waals surface area (Å²) in [7, 11) is 0. The largest absolute Gasteiger partial charge is 0.483 e. The van der Waals surface area contributed by atoms with Crippen LogP contribution in [0.25, 0.3) is 0 Å². The Labute approximate surface area is 185 Å². The molecule has 0 fully saturated rings. The summed E-state index contributed by atoms with van der Waals surface area (Å²) in [6, 6.07) is 14.0. The quantitative estimate of drug-likeness (QED) is 0.340. The molecular formula is C23H25FN4O2S. The van der Waals surface area contributed by atoms with E-state index in [0.717, 1.165) is 11.3 Å². The summed E-state index contributed by atoms with van der Waals surface area (Å²) in [5, 5.41) is 8.95. The Balaban J connectivity index is 1.69. The first-order valence-electron chi connectivity index (χ1n) is 9.94. The van der Waals surface area contributed by atoms with Crippen LogP contribution < -0.4 is 9.64 Å². The normalized spacial score (nSPS) is 10.7. The zero-order valence-electron chi connectivity index (χ0n) is 17.6. The summed E-state index contributed by atoms with van der Waals surface area (Å²) in [4.78, 5) is 14.6. The second-order valence-corrected chi connectivity index (χ2v) is 7.67. The molecule has 8 heteroatoms. The number of hydrogen-bond acceptors (Lipinski definition) is 5. The molecule has 0 aliphatic heterocycles. The van der Waals surface area contributed by atoms with Crippen LogP contribution in [0.15, 0.2) is 66.3 Å². The van der Waals surface area contributed by atoms with Gasteiger partial charge in [-0.3, -0.25) is 9.36 Å². The Morgan fingerprint density at radius 2 is 1.97 bits per heavy atom. The Kier molecular flexibility index (Phi) is 7.83. The number of hydrogen-bond donors (Lipinski definition) is 0. The van der Waals surface area contributed by atoms with E-state index in [1.165, 1.54) is 17.8 Å². The predicted octanol–water partition coefficient (Wildman–Crippen LogP) is 4.64. The number of benzene rings is 2. The number of para-hydroxylation sites is 2. The Morgan fingerprint density at radius 1 is 1.23 bits per heavy atom. The molecule has 3 rings (SSSR count). The van der Waals surface area contributed by atoms with Crippen molar-refractivity contribution >= 4 is 23.4 Å². The summed E-state index contributed by atoms with van der Waals surface area (Å²) in [6.07, 6.45) is 1.72. The number of amides is 1. The van der Waals surface area contributed by atoms with Crippen LogP contribution in [0.5, 0.6) is 5.75 Å². The van der Waals surface area contributed by atoms with E-state index >= 15 is 0 Å². The van der Waals surface area contributed by atoms with Crippen LogP contribution in [0.3, 0.4) is 0 Å². The van der Waals surface area contributed by atoms with Crippen LogP contribution >= 0.6 is 11.8 Å². The van der Waals surface area contributed by atoms with Crippen molar-refractivity contribution in [1.29, 1.82) is 0 Å². The van der Waals surface area contributed by atoms with Crippen LogP contribution in [0.1, 0.15) is 18.3 Å². The molecule has 1 heterocycles. The minimum absolute atomic E-state index is 0.0147. The van der Waals surface area contributed by atoms with E-state index in [1.54, 1.807) is 29.2 Å². The first kappa shape index (κ1) is 22.6. The number of carbonyl (C=O) groups is 1. The highest BCUT2D eigenvalue weighted by Gasteiger charge is 2.19. The topological polar surface area (TPSA) is 60.2 Å². The number of ether oxygens (including phenoxy) is 1. The van der Waals surface area contributed by atoms with Crippen molar-refractivity contribution in [2.75, 3.05) is 17.2 Å². The third-order valence-corrected chi connectivity index (χ3v) is 5.60. The van der Waals surface area contributed by atoms with E-state index in [9.17, 15) is 9.18 Å². The maximum absolute atomic E-state index is 13.8. The molecule has 31 heavy (non-hydrogen) atoms. The van der Waals surface area contributed by atoms with E-state index < -0.39 is 5.82 Å². The number of rotatable bonds is 10. The van der Waals surface area contributed by atoms with Crippen LogP contribution in [0, 0.1) is 12.7 Å². The molecule has 0 aliphatic rings. The van der Waals surface area contributed by atoms with E-state index in [0.29, 0.717) is 24.1 Å². The lowest BCUT2D eigenvalue weighted by Crippen LogP contribution is -2.32. The molecule has 0 bridgehead atoms. The van der Waals surface area contributed by atoms with Crippen molar-refractivity contribution < 1.29 is 13.9 Å². The van der Waals surface area contributed by atoms with Gasteiger partial charge >= 0.3 is 0 Å². The highest BCUT2D eigenvalue weighted by atomic mass is 32.2. The van der Waals surface area contributed by atoms with Crippen LogP contribution in [-0.2, 0) is 17.9 Å². The fraction of sp³-hybridized carbons (Fsp3) is 0.261. The number of nitrogens with zero attached hydrogens (tertiary/aromatic N) is 4. The minimum atomic E-state index is -0.437. The zero-order chi connectivity index (χ0) is 22.2. The van der Waals surface area contributed by atoms with Gasteiger partial charge in [0.2, 0.25) is 5.91 Å². The molecule has 1 aromatic heterocycles. The van der Waals surface area contributed by atoms with Crippen LogP contribution in [0.4, 0.5) is 10.1 Å². The second-order valence-electron chi connectivity index (χ2n) is 6.73. The van der Waals surface area contributed by atoms with Crippen molar-refractivity contribution in [3.8, 4) is 5.75 Å². The molecule has 0 atom stereocenters. The van der Waals surface area contributed by atoms with E-state index in [2.05, 4.69) is 16.8 Å². The summed E-state index contributed by atoms with van der Waals surface area (Å²) < 4.78 is 21.2. The fourth-order valence-electron chi connectivity index (χ4n) is 3.10. The van der Waals surface area contributed by atoms with Gasteiger partial charge in [-0.1, -0.05) is 48.2 Å². The number of carbonyl (C=O) groups excluding carboxylic acids is 1. The Morgan fingerprint density at radius 3 is 2.68 bits per heavy atom. The van der Waals surface area contributed by atoms with Gasteiger partial charge in [0, 0.05) is 18.8 Å². The standard InChI is InChI=1S/C23H25FN4O2S/c1-4-14-28-21(15-30-20-13-9-7-11-18(20)24)25-26-23(28)31-16-22(29)27(5-2)19-12-8-6-10-17(19)3/h4,6-13H,1,5,14-16H2,2-3H3. The molecular weight excluding hydrogens is 415 g/mol. The first-order chi connectivity index (χ1) is 15.0. The third-order valence-electron chi connectivity index (χ3n) is 4.65. The Bertz CT molecular complexity index is 1050. The lowest BCUT2D eigenvalue weighted by Gasteiger charge is -2.22. The van der Waals surface area contributed by atoms with Gasteiger partial charge in [-0.05, 0) is 37.6 Å². The van der Waals surface area contributed by atoms with Crippen molar-refractivity contribution in [3.05, 3.63) is 78.4 Å². The number of allylic oxidation sites excluding steroid dienone is 1. The monoisotopic (exact) mass is 440 g/mol. The molecule has 0 radical (unpaired) electrons. The first-order valence-corrected chi connectivity index (χ1v) is 10.9. The molecule has 6 nitrogen and oxygen atoms in total. The maximum Gasteiger partial charge on any atom is 0.237 e. The van der Waals surface area contributed by atoms with E-state index in [4.69, 9.17) is 4.74 Å². The van der Waals surface area contributed by atoms with Crippen molar-refractivity contribution in [3.63, 3.8) is 0 Å². The summed E-state index contributed by atoms with van der Waals surface area (Å²) in [6.45, 7) is 8.80. The van der Waals surface area contributed by atoms with Gasteiger partial charge in [-0.2, -0.15) is 0 Å². The average Bonchev–Trinajstić information content (AvgIpc) is 3.15. The van der Waals surface area contributed by atoms with Gasteiger partial charge in [-0.15, -0.1) is 16.8 Å². The number of aryl methyl sites for hydroxylation is 1. The van der Waals surface area contributed by atoms with Crippen LogP contribution in [0.2, 0.25) is 0 Å². The zero-order valence-corrected chi connectivity index (χ0v) is 18.4. The van der Waals surface area contributed by atoms with E-state index in [1.807, 2.05) is 42.7 Å². The average molecular weight is 441 g/mol. The van der Waals surface area contributed by atoms with Gasteiger partial charge in [0.15, 0.2) is 22.5 Å². The number of aromatic nitrogens is 3. The van der Waals surface area contributed by atoms with Crippen molar-refractivity contribution in [1.82, 2.24) is 14.8 Å². The maximum atomic E-state index is 13.8. The number of halogens is 1. The summed E-state index contributed by atoms with van der Waals surface area (Å²) >= 11 is 1.31. The molecule has 162 valence electrons. The molecule has 0 saturated heterocycles.